The smallest absolute Gasteiger partial charge is 0.254 e. The molecule has 0 fully saturated rings. The Hall–Kier alpha value is -1.16. The van der Waals surface area contributed by atoms with Crippen molar-refractivity contribution < 1.29 is 5.11 Å². The Balaban J connectivity index is 2.76. The molecule has 103 valence electrons. The molecule has 0 bridgehead atoms. The molecule has 4 heteroatoms. The summed E-state index contributed by atoms with van der Waals surface area (Å²) in [6, 6.07) is 5.89. The van der Waals surface area contributed by atoms with Gasteiger partial charge in [-0.15, -0.1) is 0 Å². The number of phenolic OH excluding ortho intramolecular Hbond substituents is 1. The van der Waals surface area contributed by atoms with Gasteiger partial charge in [-0.2, -0.15) is 0 Å². The zero-order chi connectivity index (χ0) is 14.1. The van der Waals surface area contributed by atoms with Crippen LogP contribution in [0.2, 0.25) is 0 Å². The van der Waals surface area contributed by atoms with Gasteiger partial charge in [0.25, 0.3) is 10.4 Å². The van der Waals surface area contributed by atoms with Crippen LogP contribution >= 0.6 is 0 Å². The van der Waals surface area contributed by atoms with Crippen LogP contribution in [0.5, 0.6) is 5.75 Å². The molecule has 0 saturated heterocycles. The number of rotatable bonds is 8. The van der Waals surface area contributed by atoms with Gasteiger partial charge < -0.3 is 5.11 Å². The standard InChI is InChI=1S/C15H23N2OSi/c1-3-5-7-12(4-2)10-13-8-6-9-14(15(13)18)11-16-17-19/h6,8-9,12,18H,3-5,7,10-11H2,1-2H3. The van der Waals surface area contributed by atoms with Crippen LogP contribution in [0.3, 0.4) is 0 Å². The summed E-state index contributed by atoms with van der Waals surface area (Å²) in [5.74, 6) is 1.04. The van der Waals surface area contributed by atoms with Crippen LogP contribution in [0.1, 0.15) is 50.7 Å². The summed E-state index contributed by atoms with van der Waals surface area (Å²) in [7, 11) is 2.95. The Labute approximate surface area is 119 Å². The van der Waals surface area contributed by atoms with Gasteiger partial charge in [0.1, 0.15) is 5.75 Å². The van der Waals surface area contributed by atoms with E-state index in [4.69, 9.17) is 0 Å². The molecule has 0 heterocycles. The molecule has 1 aromatic rings. The molecule has 1 unspecified atom stereocenters. The summed E-state index contributed by atoms with van der Waals surface area (Å²) in [5.41, 5.74) is 1.87. The van der Waals surface area contributed by atoms with Crippen LogP contribution in [0.15, 0.2) is 28.1 Å². The summed E-state index contributed by atoms with van der Waals surface area (Å²) in [6.07, 6.45) is 5.83. The Morgan fingerprint density at radius 2 is 2.00 bits per heavy atom. The zero-order valence-electron chi connectivity index (χ0n) is 11.9. The lowest BCUT2D eigenvalue weighted by Gasteiger charge is -2.16. The third-order valence-corrected chi connectivity index (χ3v) is 3.71. The van der Waals surface area contributed by atoms with E-state index in [0.717, 1.165) is 24.0 Å². The second kappa shape index (κ2) is 8.86. The van der Waals surface area contributed by atoms with Crippen LogP contribution in [-0.4, -0.2) is 15.5 Å². The number of para-hydroxylation sites is 1. The first-order valence-corrected chi connectivity index (χ1v) is 7.50. The lowest BCUT2D eigenvalue weighted by Crippen LogP contribution is -2.04. The van der Waals surface area contributed by atoms with Crippen LogP contribution in [0.4, 0.5) is 0 Å². The highest BCUT2D eigenvalue weighted by Crippen LogP contribution is 2.28. The predicted octanol–water partition coefficient (Wildman–Crippen LogP) is 4.19. The summed E-state index contributed by atoms with van der Waals surface area (Å²) in [5, 5.41) is 14.1. The van der Waals surface area contributed by atoms with Crippen molar-refractivity contribution in [1.29, 1.82) is 0 Å². The van der Waals surface area contributed by atoms with E-state index in [2.05, 4.69) is 34.1 Å². The van der Waals surface area contributed by atoms with Crippen LogP contribution < -0.4 is 0 Å². The highest BCUT2D eigenvalue weighted by Gasteiger charge is 2.12. The molecule has 0 aliphatic heterocycles. The van der Waals surface area contributed by atoms with E-state index in [-0.39, 0.29) is 0 Å². The SMILES string of the molecule is CCCCC(CC)Cc1cccc(CN=N[Si])c1O. The van der Waals surface area contributed by atoms with Crippen molar-refractivity contribution in [3.05, 3.63) is 29.3 Å². The Kier molecular flexibility index (Phi) is 7.41. The molecule has 0 aliphatic rings. The Morgan fingerprint density at radius 1 is 1.26 bits per heavy atom. The van der Waals surface area contributed by atoms with Gasteiger partial charge in [-0.05, 0) is 17.9 Å². The average molecular weight is 275 g/mol. The minimum Gasteiger partial charge on any atom is -0.507 e. The van der Waals surface area contributed by atoms with Crippen molar-refractivity contribution in [2.24, 2.45) is 15.8 Å². The van der Waals surface area contributed by atoms with Crippen molar-refractivity contribution in [3.63, 3.8) is 0 Å². The van der Waals surface area contributed by atoms with Crippen LogP contribution in [0.25, 0.3) is 0 Å². The molecule has 1 atom stereocenters. The van der Waals surface area contributed by atoms with Crippen molar-refractivity contribution in [3.8, 4) is 5.75 Å². The molecule has 3 radical (unpaired) electrons. The van der Waals surface area contributed by atoms with E-state index in [0.29, 0.717) is 18.2 Å². The largest absolute Gasteiger partial charge is 0.507 e. The van der Waals surface area contributed by atoms with Crippen molar-refractivity contribution in [1.82, 2.24) is 0 Å². The molecule has 1 N–H and O–H groups in total. The quantitative estimate of drug-likeness (QED) is 0.561. The number of phenols is 1. The average Bonchev–Trinajstić information content (AvgIpc) is 2.43. The number of hydrogen-bond acceptors (Lipinski definition) is 3. The lowest BCUT2D eigenvalue weighted by atomic mass is 9.91. The summed E-state index contributed by atoms with van der Waals surface area (Å²) in [4.78, 5) is 0. The topological polar surface area (TPSA) is 45.0 Å². The van der Waals surface area contributed by atoms with Gasteiger partial charge in [0, 0.05) is 5.56 Å². The molecule has 19 heavy (non-hydrogen) atoms. The fourth-order valence-corrected chi connectivity index (χ4v) is 2.37. The first-order chi connectivity index (χ1) is 9.22. The predicted molar refractivity (Wildman–Crippen MR) is 79.4 cm³/mol. The Morgan fingerprint density at radius 3 is 2.63 bits per heavy atom. The molecule has 0 aliphatic carbocycles. The fourth-order valence-electron chi connectivity index (χ4n) is 2.30. The molecule has 0 aromatic heterocycles. The van der Waals surface area contributed by atoms with Gasteiger partial charge in [0.05, 0.1) is 6.54 Å². The molecule has 0 saturated carbocycles. The third kappa shape index (κ3) is 5.15. The highest BCUT2D eigenvalue weighted by molar-refractivity contribution is 6.04. The van der Waals surface area contributed by atoms with Gasteiger partial charge in [0.2, 0.25) is 0 Å². The minimum atomic E-state index is 0.386. The minimum absolute atomic E-state index is 0.386. The fraction of sp³-hybridized carbons (Fsp3) is 0.600. The third-order valence-electron chi connectivity index (χ3n) is 3.57. The molecule has 0 amide bonds. The van der Waals surface area contributed by atoms with Gasteiger partial charge in [-0.25, -0.2) is 9.89 Å². The Bertz CT molecular complexity index is 407. The molecule has 1 aromatic carbocycles. The van der Waals surface area contributed by atoms with Crippen LogP contribution in [-0.2, 0) is 13.0 Å². The van der Waals surface area contributed by atoms with Gasteiger partial charge in [-0.3, -0.25) is 0 Å². The molecule has 3 nitrogen and oxygen atoms in total. The van der Waals surface area contributed by atoms with Gasteiger partial charge in [-0.1, -0.05) is 57.7 Å². The van der Waals surface area contributed by atoms with E-state index < -0.39 is 0 Å². The number of benzene rings is 1. The van der Waals surface area contributed by atoms with Crippen LogP contribution in [0, 0.1) is 5.92 Å². The monoisotopic (exact) mass is 275 g/mol. The van der Waals surface area contributed by atoms with E-state index in [1.165, 1.54) is 19.3 Å². The molecule has 1 rings (SSSR count). The first kappa shape index (κ1) is 15.9. The lowest BCUT2D eigenvalue weighted by molar-refractivity contribution is 0.423. The van der Waals surface area contributed by atoms with Gasteiger partial charge in [0.15, 0.2) is 0 Å². The summed E-state index contributed by atoms with van der Waals surface area (Å²) >= 11 is 0. The maximum absolute atomic E-state index is 10.3. The van der Waals surface area contributed by atoms with Crippen molar-refractivity contribution >= 4 is 10.4 Å². The van der Waals surface area contributed by atoms with E-state index in [1.54, 1.807) is 0 Å². The van der Waals surface area contributed by atoms with Crippen molar-refractivity contribution in [2.75, 3.05) is 0 Å². The molecule has 0 spiro atoms. The molecular weight excluding hydrogens is 252 g/mol. The second-order valence-electron chi connectivity index (χ2n) is 4.95. The number of aromatic hydroxyl groups is 1. The van der Waals surface area contributed by atoms with E-state index in [1.807, 2.05) is 18.2 Å². The number of unbranched alkanes of at least 4 members (excludes halogenated alkanes) is 1. The number of nitrogens with zero attached hydrogens (tertiary/aromatic N) is 2. The highest BCUT2D eigenvalue weighted by atomic mass is 28.2. The normalized spacial score (nSPS) is 13.0. The first-order valence-electron chi connectivity index (χ1n) is 7.05. The maximum Gasteiger partial charge on any atom is 0.254 e. The second-order valence-corrected chi connectivity index (χ2v) is 5.15. The zero-order valence-corrected chi connectivity index (χ0v) is 12.9. The van der Waals surface area contributed by atoms with E-state index in [9.17, 15) is 5.11 Å². The van der Waals surface area contributed by atoms with Crippen molar-refractivity contribution in [2.45, 2.75) is 52.5 Å². The summed E-state index contributed by atoms with van der Waals surface area (Å²) < 4.78 is 3.54. The number of hydrogen-bond donors (Lipinski definition) is 1. The molecular formula is C15H23N2OSi. The maximum atomic E-state index is 10.3. The summed E-state index contributed by atoms with van der Waals surface area (Å²) in [6.45, 7) is 4.85. The van der Waals surface area contributed by atoms with E-state index >= 15 is 0 Å². The van der Waals surface area contributed by atoms with Gasteiger partial charge >= 0.3 is 0 Å².